The molecule has 1 aromatic heterocycles. The maximum absolute atomic E-state index is 12.7. The molecule has 0 aliphatic rings. The number of halogens is 3. The first kappa shape index (κ1) is 20.3. The molecule has 0 spiro atoms. The van der Waals surface area contributed by atoms with E-state index in [2.05, 4.69) is 0 Å². The molecule has 0 saturated heterocycles. The van der Waals surface area contributed by atoms with Gasteiger partial charge in [-0.2, -0.15) is 13.2 Å². The second-order valence-electron chi connectivity index (χ2n) is 6.02. The number of ether oxygens (including phenoxy) is 2. The van der Waals surface area contributed by atoms with Crippen LogP contribution in [0.2, 0.25) is 0 Å². The lowest BCUT2D eigenvalue weighted by Gasteiger charge is -2.09. The van der Waals surface area contributed by atoms with Crippen LogP contribution in [0, 0.1) is 0 Å². The van der Waals surface area contributed by atoms with Gasteiger partial charge in [0.2, 0.25) is 0 Å². The van der Waals surface area contributed by atoms with Gasteiger partial charge < -0.3 is 13.9 Å². The number of para-hydroxylation sites is 1. The fraction of sp³-hybridized carbons (Fsp3) is 0.136. The molecule has 0 N–H and O–H groups in total. The third-order valence-corrected chi connectivity index (χ3v) is 4.00. The van der Waals surface area contributed by atoms with E-state index in [1.807, 2.05) is 0 Å². The summed E-state index contributed by atoms with van der Waals surface area (Å²) >= 11 is 0. The monoisotopic (exact) mass is 402 g/mol. The van der Waals surface area contributed by atoms with E-state index in [4.69, 9.17) is 13.9 Å². The molecule has 2 aromatic carbocycles. The molecule has 150 valence electrons. The van der Waals surface area contributed by atoms with Crippen molar-refractivity contribution in [3.63, 3.8) is 0 Å². The maximum Gasteiger partial charge on any atom is 0.416 e. The molecule has 1 heterocycles. The largest absolute Gasteiger partial charge is 0.496 e. The highest BCUT2D eigenvalue weighted by molar-refractivity contribution is 6.08. The van der Waals surface area contributed by atoms with Crippen molar-refractivity contribution in [2.24, 2.45) is 0 Å². The summed E-state index contributed by atoms with van der Waals surface area (Å²) in [6, 6.07) is 14.7. The van der Waals surface area contributed by atoms with Crippen LogP contribution in [0.15, 0.2) is 71.2 Å². The minimum atomic E-state index is -4.43. The lowest BCUT2D eigenvalue weighted by Crippen LogP contribution is -2.05. The van der Waals surface area contributed by atoms with Gasteiger partial charge in [-0.1, -0.05) is 18.2 Å². The number of furan rings is 1. The van der Waals surface area contributed by atoms with Crippen LogP contribution in [0.5, 0.6) is 11.5 Å². The molecule has 3 aromatic rings. The minimum Gasteiger partial charge on any atom is -0.496 e. The lowest BCUT2D eigenvalue weighted by atomic mass is 10.1. The van der Waals surface area contributed by atoms with Crippen LogP contribution in [-0.2, 0) is 12.8 Å². The van der Waals surface area contributed by atoms with Gasteiger partial charge in [-0.15, -0.1) is 0 Å². The van der Waals surface area contributed by atoms with Gasteiger partial charge in [-0.05, 0) is 54.6 Å². The zero-order chi connectivity index (χ0) is 20.9. The highest BCUT2D eigenvalue weighted by Gasteiger charge is 2.30. The van der Waals surface area contributed by atoms with Gasteiger partial charge in [0.05, 0.1) is 18.2 Å². The van der Waals surface area contributed by atoms with Crippen LogP contribution < -0.4 is 9.47 Å². The molecule has 4 nitrogen and oxygen atoms in total. The Morgan fingerprint density at radius 3 is 2.62 bits per heavy atom. The van der Waals surface area contributed by atoms with Crippen molar-refractivity contribution in [2.45, 2.75) is 12.8 Å². The molecule has 0 aliphatic heterocycles. The number of ketones is 1. The van der Waals surface area contributed by atoms with Crippen molar-refractivity contribution in [3.05, 3.63) is 89.4 Å². The first-order valence-electron chi connectivity index (χ1n) is 8.61. The van der Waals surface area contributed by atoms with Gasteiger partial charge in [0.25, 0.3) is 0 Å². The molecule has 0 fully saturated rings. The molecular weight excluding hydrogens is 385 g/mol. The Morgan fingerprint density at radius 1 is 1.07 bits per heavy atom. The van der Waals surface area contributed by atoms with Gasteiger partial charge in [0.15, 0.2) is 5.78 Å². The first-order chi connectivity index (χ1) is 13.9. The highest BCUT2D eigenvalue weighted by atomic mass is 19.4. The molecule has 0 aliphatic carbocycles. The molecule has 0 unspecified atom stereocenters. The van der Waals surface area contributed by atoms with Crippen LogP contribution in [0.1, 0.15) is 27.4 Å². The average molecular weight is 402 g/mol. The van der Waals surface area contributed by atoms with Crippen molar-refractivity contribution in [1.82, 2.24) is 0 Å². The third kappa shape index (κ3) is 5.28. The van der Waals surface area contributed by atoms with Crippen LogP contribution in [0.4, 0.5) is 13.2 Å². The Hall–Kier alpha value is -3.48. The van der Waals surface area contributed by atoms with Crippen molar-refractivity contribution < 1.29 is 31.9 Å². The summed E-state index contributed by atoms with van der Waals surface area (Å²) in [5, 5.41) is 0. The quantitative estimate of drug-likeness (QED) is 0.371. The van der Waals surface area contributed by atoms with E-state index in [0.717, 1.165) is 12.1 Å². The highest BCUT2D eigenvalue weighted by Crippen LogP contribution is 2.31. The molecule has 0 amide bonds. The number of allylic oxidation sites excluding steroid dienone is 1. The van der Waals surface area contributed by atoms with Crippen molar-refractivity contribution in [3.8, 4) is 11.5 Å². The summed E-state index contributed by atoms with van der Waals surface area (Å²) in [6.07, 6.45) is -1.58. The fourth-order valence-corrected chi connectivity index (χ4v) is 2.57. The number of alkyl halides is 3. The number of benzene rings is 2. The normalized spacial score (nSPS) is 11.6. The molecule has 3 rings (SSSR count). The van der Waals surface area contributed by atoms with Crippen LogP contribution >= 0.6 is 0 Å². The Kier molecular flexibility index (Phi) is 6.07. The van der Waals surface area contributed by atoms with Crippen molar-refractivity contribution >= 4 is 11.9 Å². The number of hydrogen-bond donors (Lipinski definition) is 0. The van der Waals surface area contributed by atoms with Gasteiger partial charge in [-0.25, -0.2) is 0 Å². The van der Waals surface area contributed by atoms with E-state index in [-0.39, 0.29) is 18.1 Å². The summed E-state index contributed by atoms with van der Waals surface area (Å²) in [5.74, 6) is 1.12. The summed E-state index contributed by atoms with van der Waals surface area (Å²) in [5.41, 5.74) is -0.362. The standard InChI is InChI=1S/C22H17F3O4/c1-27-21-8-3-2-7-19(21)20(26)12-11-16-9-10-18(29-16)14-28-17-6-4-5-15(13-17)22(23,24)25/h2-13H,14H2,1H3/b12-11+. The van der Waals surface area contributed by atoms with Gasteiger partial charge in [0.1, 0.15) is 29.6 Å². The predicted octanol–water partition coefficient (Wildman–Crippen LogP) is 5.78. The van der Waals surface area contributed by atoms with Gasteiger partial charge in [-0.3, -0.25) is 4.79 Å². The smallest absolute Gasteiger partial charge is 0.416 e. The zero-order valence-corrected chi connectivity index (χ0v) is 15.4. The van der Waals surface area contributed by atoms with Crippen LogP contribution in [-0.4, -0.2) is 12.9 Å². The second kappa shape index (κ2) is 8.68. The average Bonchev–Trinajstić information content (AvgIpc) is 3.18. The van der Waals surface area contributed by atoms with Gasteiger partial charge in [0, 0.05) is 0 Å². The van der Waals surface area contributed by atoms with E-state index in [9.17, 15) is 18.0 Å². The molecule has 0 bridgehead atoms. The van der Waals surface area contributed by atoms with E-state index in [1.54, 1.807) is 36.4 Å². The van der Waals surface area contributed by atoms with Crippen LogP contribution in [0.25, 0.3) is 6.08 Å². The number of carbonyl (C=O) groups is 1. The Morgan fingerprint density at radius 2 is 1.86 bits per heavy atom. The number of methoxy groups -OCH3 is 1. The molecule has 29 heavy (non-hydrogen) atoms. The van der Waals surface area contributed by atoms with Gasteiger partial charge >= 0.3 is 6.18 Å². The van der Waals surface area contributed by atoms with E-state index < -0.39 is 11.7 Å². The number of rotatable bonds is 7. The molecular formula is C22H17F3O4. The summed E-state index contributed by atoms with van der Waals surface area (Å²) in [7, 11) is 1.49. The Balaban J connectivity index is 1.62. The molecule has 0 radical (unpaired) electrons. The minimum absolute atomic E-state index is 0.0460. The first-order valence-corrected chi connectivity index (χ1v) is 8.61. The van der Waals surface area contributed by atoms with Crippen LogP contribution in [0.3, 0.4) is 0 Å². The third-order valence-electron chi connectivity index (χ3n) is 4.00. The maximum atomic E-state index is 12.7. The zero-order valence-electron chi connectivity index (χ0n) is 15.4. The van der Waals surface area contributed by atoms with E-state index >= 15 is 0 Å². The predicted molar refractivity (Wildman–Crippen MR) is 101 cm³/mol. The molecule has 7 heteroatoms. The van der Waals surface area contributed by atoms with Crippen molar-refractivity contribution in [2.75, 3.05) is 7.11 Å². The van der Waals surface area contributed by atoms with Crippen molar-refractivity contribution in [1.29, 1.82) is 0 Å². The topological polar surface area (TPSA) is 48.7 Å². The molecule has 0 saturated carbocycles. The number of hydrogen-bond acceptors (Lipinski definition) is 4. The van der Waals surface area contributed by atoms with E-state index in [1.165, 1.54) is 31.4 Å². The molecule has 0 atom stereocenters. The number of carbonyl (C=O) groups excluding carboxylic acids is 1. The Bertz CT molecular complexity index is 1020. The second-order valence-corrected chi connectivity index (χ2v) is 6.02. The SMILES string of the molecule is COc1ccccc1C(=O)/C=C/c1ccc(COc2cccc(C(F)(F)F)c2)o1. The lowest BCUT2D eigenvalue weighted by molar-refractivity contribution is -0.137. The Labute approximate surface area is 165 Å². The van der Waals surface area contributed by atoms with E-state index in [0.29, 0.717) is 22.8 Å². The summed E-state index contributed by atoms with van der Waals surface area (Å²) in [6.45, 7) is -0.0460. The summed E-state index contributed by atoms with van der Waals surface area (Å²) in [4.78, 5) is 12.3. The fourth-order valence-electron chi connectivity index (χ4n) is 2.57. The summed E-state index contributed by atoms with van der Waals surface area (Å²) < 4.78 is 54.3.